The Morgan fingerprint density at radius 3 is 2.88 bits per heavy atom. The van der Waals surface area contributed by atoms with Crippen molar-refractivity contribution in [3.05, 3.63) is 35.4 Å². The molecule has 0 fully saturated rings. The Kier molecular flexibility index (Phi) is 2.90. The Labute approximate surface area is 92.8 Å². The number of ether oxygens (including phenoxy) is 1. The molecule has 0 heterocycles. The van der Waals surface area contributed by atoms with Crippen molar-refractivity contribution in [1.29, 1.82) is 0 Å². The third-order valence-corrected chi connectivity index (χ3v) is 2.65. The topological polar surface area (TPSA) is 63.6 Å². The molecule has 0 saturated heterocycles. The summed E-state index contributed by atoms with van der Waals surface area (Å²) < 4.78 is 5.13. The van der Waals surface area contributed by atoms with E-state index in [1.807, 2.05) is 24.3 Å². The van der Waals surface area contributed by atoms with Gasteiger partial charge in [0.1, 0.15) is 12.5 Å². The molecule has 1 atom stereocenters. The summed E-state index contributed by atoms with van der Waals surface area (Å²) in [4.78, 5) is 21.5. The first-order valence-electron chi connectivity index (χ1n) is 5.16. The predicted octanol–water partition coefficient (Wildman–Crippen LogP) is 1.69. The number of carbonyl (C=O) groups excluding carboxylic acids is 1. The Hall–Kier alpha value is -1.84. The predicted molar refractivity (Wildman–Crippen MR) is 55.8 cm³/mol. The van der Waals surface area contributed by atoms with Crippen LogP contribution in [0.15, 0.2) is 24.3 Å². The second-order valence-corrected chi connectivity index (χ2v) is 3.79. The van der Waals surface area contributed by atoms with Crippen molar-refractivity contribution >= 4 is 11.9 Å². The Morgan fingerprint density at radius 2 is 2.12 bits per heavy atom. The first-order chi connectivity index (χ1) is 7.66. The van der Waals surface area contributed by atoms with Crippen LogP contribution in [0.5, 0.6) is 0 Å². The minimum Gasteiger partial charge on any atom is -0.481 e. The van der Waals surface area contributed by atoms with Gasteiger partial charge in [0.25, 0.3) is 0 Å². The molecule has 84 valence electrons. The van der Waals surface area contributed by atoms with Crippen molar-refractivity contribution in [2.24, 2.45) is 0 Å². The van der Waals surface area contributed by atoms with E-state index in [4.69, 9.17) is 9.84 Å². The molecule has 0 spiro atoms. The molecule has 0 amide bonds. The zero-order chi connectivity index (χ0) is 11.5. The molecule has 1 N–H and O–H groups in total. The zero-order valence-electron chi connectivity index (χ0n) is 8.68. The van der Waals surface area contributed by atoms with Crippen LogP contribution in [0.4, 0.5) is 0 Å². The normalized spacial score (nSPS) is 17.9. The Bertz CT molecular complexity index is 425. The van der Waals surface area contributed by atoms with Crippen molar-refractivity contribution < 1.29 is 19.4 Å². The van der Waals surface area contributed by atoms with E-state index >= 15 is 0 Å². The van der Waals surface area contributed by atoms with Crippen LogP contribution >= 0.6 is 0 Å². The highest BCUT2D eigenvalue weighted by molar-refractivity contribution is 5.90. The van der Waals surface area contributed by atoms with Gasteiger partial charge >= 0.3 is 11.9 Å². The van der Waals surface area contributed by atoms with E-state index in [0.717, 1.165) is 18.4 Å². The number of aliphatic carboxylic acids is 1. The summed E-state index contributed by atoms with van der Waals surface area (Å²) in [6.07, 6.45) is 0.771. The van der Waals surface area contributed by atoms with Crippen molar-refractivity contribution in [2.75, 3.05) is 0 Å². The minimum absolute atomic E-state index is 0.275. The number of carboxylic acids is 1. The standard InChI is InChI=1S/C12H12O4/c13-11(14)7-12(15)16-10-6-5-8-3-1-2-4-9(8)10/h1-4,10H,5-7H2,(H,13,14). The van der Waals surface area contributed by atoms with Crippen LogP contribution in [0.25, 0.3) is 0 Å². The molecule has 16 heavy (non-hydrogen) atoms. The molecular weight excluding hydrogens is 208 g/mol. The van der Waals surface area contributed by atoms with Gasteiger partial charge in [-0.25, -0.2) is 0 Å². The monoisotopic (exact) mass is 220 g/mol. The molecule has 1 unspecified atom stereocenters. The van der Waals surface area contributed by atoms with E-state index in [2.05, 4.69) is 0 Å². The van der Waals surface area contributed by atoms with Gasteiger partial charge in [-0.05, 0) is 24.0 Å². The summed E-state index contributed by atoms with van der Waals surface area (Å²) in [6, 6.07) is 7.75. The molecule has 2 rings (SSSR count). The minimum atomic E-state index is -1.16. The number of hydrogen-bond donors (Lipinski definition) is 1. The first-order valence-corrected chi connectivity index (χ1v) is 5.16. The third kappa shape index (κ3) is 2.21. The zero-order valence-corrected chi connectivity index (χ0v) is 8.68. The second kappa shape index (κ2) is 4.35. The quantitative estimate of drug-likeness (QED) is 0.622. The summed E-state index contributed by atoms with van der Waals surface area (Å²) >= 11 is 0. The van der Waals surface area contributed by atoms with Crippen molar-refractivity contribution in [2.45, 2.75) is 25.4 Å². The van der Waals surface area contributed by atoms with E-state index < -0.39 is 18.4 Å². The SMILES string of the molecule is O=C(O)CC(=O)OC1CCc2ccccc21. The Balaban J connectivity index is 2.03. The van der Waals surface area contributed by atoms with Crippen LogP contribution in [0.1, 0.15) is 30.1 Å². The summed E-state index contributed by atoms with van der Waals surface area (Å²) in [6.45, 7) is 0. The highest BCUT2D eigenvalue weighted by atomic mass is 16.5. The molecule has 4 heteroatoms. The lowest BCUT2D eigenvalue weighted by Crippen LogP contribution is -2.13. The van der Waals surface area contributed by atoms with Gasteiger partial charge in [-0.2, -0.15) is 0 Å². The lowest BCUT2D eigenvalue weighted by Gasteiger charge is -2.12. The van der Waals surface area contributed by atoms with Gasteiger partial charge in [-0.3, -0.25) is 9.59 Å². The number of rotatable bonds is 3. The molecule has 0 aliphatic heterocycles. The average molecular weight is 220 g/mol. The fraction of sp³-hybridized carbons (Fsp3) is 0.333. The smallest absolute Gasteiger partial charge is 0.317 e. The van der Waals surface area contributed by atoms with E-state index in [9.17, 15) is 9.59 Å². The van der Waals surface area contributed by atoms with Crippen LogP contribution in [-0.4, -0.2) is 17.0 Å². The van der Waals surface area contributed by atoms with Gasteiger partial charge in [0.15, 0.2) is 0 Å². The molecular formula is C12H12O4. The van der Waals surface area contributed by atoms with Crippen LogP contribution < -0.4 is 0 Å². The summed E-state index contributed by atoms with van der Waals surface area (Å²) in [5, 5.41) is 8.45. The highest BCUT2D eigenvalue weighted by Crippen LogP contribution is 2.33. The van der Waals surface area contributed by atoms with Crippen molar-refractivity contribution in [3.8, 4) is 0 Å². The number of esters is 1. The summed E-state index contributed by atoms with van der Waals surface area (Å²) in [5.74, 6) is -1.83. The van der Waals surface area contributed by atoms with Gasteiger partial charge in [0.05, 0.1) is 0 Å². The van der Waals surface area contributed by atoms with E-state index in [-0.39, 0.29) is 6.10 Å². The number of benzene rings is 1. The van der Waals surface area contributed by atoms with E-state index in [1.54, 1.807) is 0 Å². The number of aryl methyl sites for hydroxylation is 1. The van der Waals surface area contributed by atoms with E-state index in [0.29, 0.717) is 0 Å². The fourth-order valence-corrected chi connectivity index (χ4v) is 1.96. The molecule has 0 saturated carbocycles. The maximum atomic E-state index is 11.2. The van der Waals surface area contributed by atoms with Gasteiger partial charge in [-0.1, -0.05) is 24.3 Å². The largest absolute Gasteiger partial charge is 0.481 e. The molecule has 0 bridgehead atoms. The second-order valence-electron chi connectivity index (χ2n) is 3.79. The van der Waals surface area contributed by atoms with Gasteiger partial charge in [0, 0.05) is 0 Å². The summed E-state index contributed by atoms with van der Waals surface area (Å²) in [5.41, 5.74) is 2.18. The van der Waals surface area contributed by atoms with Crippen LogP contribution in [0.3, 0.4) is 0 Å². The van der Waals surface area contributed by atoms with Crippen LogP contribution in [0.2, 0.25) is 0 Å². The third-order valence-electron chi connectivity index (χ3n) is 2.65. The highest BCUT2D eigenvalue weighted by Gasteiger charge is 2.25. The van der Waals surface area contributed by atoms with Crippen LogP contribution in [0, 0.1) is 0 Å². The summed E-state index contributed by atoms with van der Waals surface area (Å²) in [7, 11) is 0. The lowest BCUT2D eigenvalue weighted by atomic mass is 10.1. The van der Waals surface area contributed by atoms with Gasteiger partial charge in [0.2, 0.25) is 0 Å². The lowest BCUT2D eigenvalue weighted by molar-refractivity contribution is -0.155. The molecule has 1 aliphatic carbocycles. The van der Waals surface area contributed by atoms with Gasteiger partial charge in [-0.15, -0.1) is 0 Å². The molecule has 1 aromatic carbocycles. The molecule has 4 nitrogen and oxygen atoms in total. The molecule has 1 aromatic rings. The average Bonchev–Trinajstić information content (AvgIpc) is 2.61. The molecule has 0 aromatic heterocycles. The number of fused-ring (bicyclic) bond motifs is 1. The number of carbonyl (C=O) groups is 2. The number of carboxylic acid groups (broad SMARTS) is 1. The Morgan fingerprint density at radius 1 is 1.38 bits per heavy atom. The van der Waals surface area contributed by atoms with Crippen LogP contribution in [-0.2, 0) is 20.7 Å². The van der Waals surface area contributed by atoms with Gasteiger partial charge < -0.3 is 9.84 Å². The van der Waals surface area contributed by atoms with E-state index in [1.165, 1.54) is 5.56 Å². The van der Waals surface area contributed by atoms with Crippen molar-refractivity contribution in [3.63, 3.8) is 0 Å². The maximum absolute atomic E-state index is 11.2. The number of hydrogen-bond acceptors (Lipinski definition) is 3. The molecule has 1 aliphatic rings. The van der Waals surface area contributed by atoms with Crippen molar-refractivity contribution in [1.82, 2.24) is 0 Å². The maximum Gasteiger partial charge on any atom is 0.317 e. The first kappa shape index (κ1) is 10.7. The fourth-order valence-electron chi connectivity index (χ4n) is 1.96. The molecule has 0 radical (unpaired) electrons.